The van der Waals surface area contributed by atoms with Gasteiger partial charge in [-0.2, -0.15) is 0 Å². The molecule has 0 spiro atoms. The number of rotatable bonds is 8. The third kappa shape index (κ3) is 6.20. The van der Waals surface area contributed by atoms with Gasteiger partial charge in [-0.25, -0.2) is 15.8 Å². The van der Waals surface area contributed by atoms with E-state index < -0.39 is 0 Å². The SMILES string of the molecule is Cc1ccc(N(N)/C=C(\N)c2cccc(CN(C)C)c2)cc1Oc1ncc(-c2cccnc2)cn1. The van der Waals surface area contributed by atoms with E-state index >= 15 is 0 Å². The summed E-state index contributed by atoms with van der Waals surface area (Å²) in [4.78, 5) is 14.9. The Labute approximate surface area is 205 Å². The largest absolute Gasteiger partial charge is 0.424 e. The van der Waals surface area contributed by atoms with Crippen LogP contribution in [0, 0.1) is 6.92 Å². The maximum absolute atomic E-state index is 6.36. The fourth-order valence-electron chi connectivity index (χ4n) is 3.52. The summed E-state index contributed by atoms with van der Waals surface area (Å²) in [6, 6.07) is 17.8. The van der Waals surface area contributed by atoms with E-state index in [1.807, 2.05) is 63.5 Å². The Bertz CT molecular complexity index is 1300. The molecule has 0 atom stereocenters. The lowest BCUT2D eigenvalue weighted by Crippen LogP contribution is -2.25. The van der Waals surface area contributed by atoms with Crippen molar-refractivity contribution in [1.82, 2.24) is 19.9 Å². The molecule has 0 saturated carbocycles. The van der Waals surface area contributed by atoms with Crippen LogP contribution in [0.1, 0.15) is 16.7 Å². The molecule has 0 radical (unpaired) electrons. The van der Waals surface area contributed by atoms with Gasteiger partial charge in [0.2, 0.25) is 0 Å². The maximum atomic E-state index is 6.36. The molecular weight excluding hydrogens is 438 g/mol. The van der Waals surface area contributed by atoms with Gasteiger partial charge in [0.15, 0.2) is 0 Å². The predicted molar refractivity (Wildman–Crippen MR) is 139 cm³/mol. The molecule has 0 fully saturated rings. The Hall–Kier alpha value is -4.27. The number of nitrogens with two attached hydrogens (primary N) is 2. The average molecular weight is 468 g/mol. The van der Waals surface area contributed by atoms with Crippen LogP contribution in [0.2, 0.25) is 0 Å². The van der Waals surface area contributed by atoms with Crippen LogP contribution in [0.4, 0.5) is 5.69 Å². The summed E-state index contributed by atoms with van der Waals surface area (Å²) in [5.74, 6) is 6.93. The number of anilines is 1. The van der Waals surface area contributed by atoms with Crippen LogP contribution >= 0.6 is 0 Å². The highest BCUT2D eigenvalue weighted by Gasteiger charge is 2.10. The third-order valence-electron chi connectivity index (χ3n) is 5.33. The van der Waals surface area contributed by atoms with Crippen molar-refractivity contribution in [2.45, 2.75) is 13.5 Å². The normalized spacial score (nSPS) is 11.5. The van der Waals surface area contributed by atoms with E-state index in [2.05, 4.69) is 32.0 Å². The molecule has 8 heteroatoms. The van der Waals surface area contributed by atoms with Crippen molar-refractivity contribution in [2.24, 2.45) is 11.6 Å². The van der Waals surface area contributed by atoms with Crippen molar-refractivity contribution in [3.63, 3.8) is 0 Å². The number of ether oxygens (including phenoxy) is 1. The number of nitrogens with zero attached hydrogens (tertiary/aromatic N) is 5. The van der Waals surface area contributed by atoms with Gasteiger partial charge in [0.05, 0.1) is 11.4 Å². The lowest BCUT2D eigenvalue weighted by Gasteiger charge is -2.18. The van der Waals surface area contributed by atoms with Gasteiger partial charge < -0.3 is 15.4 Å². The van der Waals surface area contributed by atoms with Crippen molar-refractivity contribution in [2.75, 3.05) is 19.1 Å². The van der Waals surface area contributed by atoms with E-state index in [0.717, 1.165) is 28.8 Å². The molecule has 178 valence electrons. The summed E-state index contributed by atoms with van der Waals surface area (Å²) in [7, 11) is 4.06. The zero-order valence-electron chi connectivity index (χ0n) is 20.1. The molecule has 2 aromatic heterocycles. The van der Waals surface area contributed by atoms with Crippen molar-refractivity contribution in [1.29, 1.82) is 0 Å². The Kier molecular flexibility index (Phi) is 7.35. The van der Waals surface area contributed by atoms with Crippen LogP contribution in [-0.2, 0) is 6.54 Å². The van der Waals surface area contributed by atoms with Crippen LogP contribution < -0.4 is 21.3 Å². The summed E-state index contributed by atoms with van der Waals surface area (Å²) in [6.07, 6.45) is 8.61. The molecule has 0 aliphatic carbocycles. The summed E-state index contributed by atoms with van der Waals surface area (Å²) in [5, 5.41) is 1.48. The van der Waals surface area contributed by atoms with Gasteiger partial charge in [-0.05, 0) is 55.9 Å². The zero-order chi connectivity index (χ0) is 24.8. The van der Waals surface area contributed by atoms with Gasteiger partial charge in [0, 0.05) is 54.7 Å². The summed E-state index contributed by atoms with van der Waals surface area (Å²) in [5.41, 5.74) is 12.4. The van der Waals surface area contributed by atoms with Gasteiger partial charge in [-0.3, -0.25) is 9.99 Å². The first-order chi connectivity index (χ1) is 16.9. The van der Waals surface area contributed by atoms with Crippen LogP contribution in [0.25, 0.3) is 16.8 Å². The van der Waals surface area contributed by atoms with Crippen molar-refractivity contribution in [3.05, 3.63) is 102 Å². The zero-order valence-corrected chi connectivity index (χ0v) is 20.1. The highest BCUT2D eigenvalue weighted by molar-refractivity contribution is 5.67. The minimum atomic E-state index is 0.245. The minimum Gasteiger partial charge on any atom is -0.424 e. The molecule has 8 nitrogen and oxygen atoms in total. The molecule has 2 heterocycles. The first-order valence-electron chi connectivity index (χ1n) is 11.2. The monoisotopic (exact) mass is 467 g/mol. The number of hydrazine groups is 1. The molecule has 0 aliphatic rings. The lowest BCUT2D eigenvalue weighted by molar-refractivity contribution is 0.402. The molecule has 0 aliphatic heterocycles. The number of aromatic nitrogens is 3. The third-order valence-corrected chi connectivity index (χ3v) is 5.33. The number of hydrogen-bond donors (Lipinski definition) is 2. The Morgan fingerprint density at radius 3 is 2.49 bits per heavy atom. The topological polar surface area (TPSA) is 106 Å². The highest BCUT2D eigenvalue weighted by Crippen LogP contribution is 2.28. The van der Waals surface area contributed by atoms with Gasteiger partial charge in [0.25, 0.3) is 0 Å². The van der Waals surface area contributed by atoms with Gasteiger partial charge >= 0.3 is 6.01 Å². The maximum Gasteiger partial charge on any atom is 0.321 e. The molecule has 0 bridgehead atoms. The minimum absolute atomic E-state index is 0.245. The van der Waals surface area contributed by atoms with Crippen molar-refractivity contribution < 1.29 is 4.74 Å². The second-order valence-corrected chi connectivity index (χ2v) is 8.48. The number of aryl methyl sites for hydroxylation is 1. The Balaban J connectivity index is 1.51. The summed E-state index contributed by atoms with van der Waals surface area (Å²) in [6.45, 7) is 2.78. The van der Waals surface area contributed by atoms with Crippen LogP contribution in [0.15, 0.2) is 85.6 Å². The van der Waals surface area contributed by atoms with E-state index in [-0.39, 0.29) is 6.01 Å². The second kappa shape index (κ2) is 10.8. The molecule has 35 heavy (non-hydrogen) atoms. The second-order valence-electron chi connectivity index (χ2n) is 8.48. The standard InChI is InChI=1S/C27H29N7O/c1-19-9-10-24(34(29)18-25(28)21-7-4-6-20(12-21)17-33(2)3)13-26(19)35-27-31-15-23(16-32-27)22-8-5-11-30-14-22/h4-16,18H,17,28-29H2,1-3H3/b25-18-. The lowest BCUT2D eigenvalue weighted by atomic mass is 10.1. The van der Waals surface area contributed by atoms with E-state index in [4.69, 9.17) is 16.3 Å². The first-order valence-corrected chi connectivity index (χ1v) is 11.2. The number of pyridine rings is 1. The first kappa shape index (κ1) is 23.9. The molecular formula is C27H29N7O. The molecule has 0 amide bonds. The Morgan fingerprint density at radius 2 is 1.77 bits per heavy atom. The predicted octanol–water partition coefficient (Wildman–Crippen LogP) is 4.34. The van der Waals surface area contributed by atoms with E-state index in [1.54, 1.807) is 31.0 Å². The Morgan fingerprint density at radius 1 is 0.971 bits per heavy atom. The van der Waals surface area contributed by atoms with Crippen molar-refractivity contribution in [3.8, 4) is 22.9 Å². The quantitative estimate of drug-likeness (QED) is 0.291. The van der Waals surface area contributed by atoms with E-state index in [1.165, 1.54) is 10.6 Å². The van der Waals surface area contributed by atoms with E-state index in [9.17, 15) is 0 Å². The van der Waals surface area contributed by atoms with Gasteiger partial charge in [-0.1, -0.05) is 30.3 Å². The van der Waals surface area contributed by atoms with Crippen LogP contribution in [0.5, 0.6) is 11.8 Å². The molecule has 4 rings (SSSR count). The molecule has 2 aromatic carbocycles. The fourth-order valence-corrected chi connectivity index (χ4v) is 3.52. The van der Waals surface area contributed by atoms with Crippen LogP contribution in [-0.4, -0.2) is 33.9 Å². The number of benzene rings is 2. The van der Waals surface area contributed by atoms with Crippen LogP contribution in [0.3, 0.4) is 0 Å². The smallest absolute Gasteiger partial charge is 0.321 e. The highest BCUT2D eigenvalue weighted by atomic mass is 16.5. The molecule has 0 unspecified atom stereocenters. The molecule has 0 saturated heterocycles. The van der Waals surface area contributed by atoms with E-state index in [0.29, 0.717) is 17.1 Å². The summed E-state index contributed by atoms with van der Waals surface area (Å²) >= 11 is 0. The molecule has 4 N–H and O–H groups in total. The number of hydrogen-bond acceptors (Lipinski definition) is 8. The molecule has 4 aromatic rings. The summed E-state index contributed by atoms with van der Waals surface area (Å²) < 4.78 is 5.96. The van der Waals surface area contributed by atoms with Gasteiger partial charge in [-0.15, -0.1) is 0 Å². The average Bonchev–Trinajstić information content (AvgIpc) is 2.86. The van der Waals surface area contributed by atoms with Gasteiger partial charge in [0.1, 0.15) is 5.75 Å². The van der Waals surface area contributed by atoms with Crippen molar-refractivity contribution >= 4 is 11.4 Å². The fraction of sp³-hybridized carbons (Fsp3) is 0.148.